The second-order valence-electron chi connectivity index (χ2n) is 5.12. The van der Waals surface area contributed by atoms with Crippen molar-refractivity contribution in [1.29, 1.82) is 0 Å². The van der Waals surface area contributed by atoms with Crippen molar-refractivity contribution in [2.45, 2.75) is 26.3 Å². The fourth-order valence-electron chi connectivity index (χ4n) is 1.36. The van der Waals surface area contributed by atoms with Crippen LogP contribution in [0.2, 0.25) is 0 Å². The van der Waals surface area contributed by atoms with Crippen LogP contribution in [0.4, 0.5) is 10.1 Å². The van der Waals surface area contributed by atoms with E-state index in [1.165, 1.54) is 12.1 Å². The van der Waals surface area contributed by atoms with Crippen molar-refractivity contribution in [3.8, 4) is 0 Å². The summed E-state index contributed by atoms with van der Waals surface area (Å²) in [5, 5.41) is 14.1. The molecule has 0 aliphatic carbocycles. The lowest BCUT2D eigenvalue weighted by atomic mass is 10.1. The summed E-state index contributed by atoms with van der Waals surface area (Å²) in [7, 11) is 0. The Hall–Kier alpha value is -1.95. The van der Waals surface area contributed by atoms with Gasteiger partial charge in [0.2, 0.25) is 5.91 Å². The van der Waals surface area contributed by atoms with E-state index in [1.807, 2.05) is 20.8 Å². The standard InChI is InChI=1S/C13H17FN2O3/c1-13(2,3)15-7-10(17)16-11-8(12(18)19)5-4-6-9(11)14/h4-6,15H,7H2,1-3H3,(H,16,17)(H,18,19). The average molecular weight is 268 g/mol. The fourth-order valence-corrected chi connectivity index (χ4v) is 1.36. The molecule has 0 bridgehead atoms. The van der Waals surface area contributed by atoms with Crippen molar-refractivity contribution in [2.75, 3.05) is 11.9 Å². The minimum atomic E-state index is -1.29. The van der Waals surface area contributed by atoms with Crippen LogP contribution >= 0.6 is 0 Å². The van der Waals surface area contributed by atoms with E-state index in [0.29, 0.717) is 0 Å². The Morgan fingerprint density at radius 1 is 1.32 bits per heavy atom. The summed E-state index contributed by atoms with van der Waals surface area (Å²) in [5.74, 6) is -2.56. The van der Waals surface area contributed by atoms with Crippen LogP contribution in [0.1, 0.15) is 31.1 Å². The second kappa shape index (κ2) is 5.79. The SMILES string of the molecule is CC(C)(C)NCC(=O)Nc1c(F)cccc1C(=O)O. The highest BCUT2D eigenvalue weighted by molar-refractivity contribution is 6.01. The van der Waals surface area contributed by atoms with Gasteiger partial charge in [0.25, 0.3) is 0 Å². The van der Waals surface area contributed by atoms with Crippen LogP contribution in [0.5, 0.6) is 0 Å². The third-order valence-corrected chi connectivity index (χ3v) is 2.29. The number of carbonyl (C=O) groups is 2. The Bertz CT molecular complexity index is 495. The van der Waals surface area contributed by atoms with Crippen LogP contribution in [0.25, 0.3) is 0 Å². The Morgan fingerprint density at radius 2 is 1.95 bits per heavy atom. The topological polar surface area (TPSA) is 78.4 Å². The van der Waals surface area contributed by atoms with Crippen molar-refractivity contribution < 1.29 is 19.1 Å². The number of anilines is 1. The predicted molar refractivity (Wildman–Crippen MR) is 69.7 cm³/mol. The number of carbonyl (C=O) groups excluding carboxylic acids is 1. The summed E-state index contributed by atoms with van der Waals surface area (Å²) in [6, 6.07) is 3.61. The van der Waals surface area contributed by atoms with E-state index in [0.717, 1.165) is 6.07 Å². The van der Waals surface area contributed by atoms with E-state index in [1.54, 1.807) is 0 Å². The number of hydrogen-bond acceptors (Lipinski definition) is 3. The highest BCUT2D eigenvalue weighted by Gasteiger charge is 2.17. The maximum Gasteiger partial charge on any atom is 0.337 e. The summed E-state index contributed by atoms with van der Waals surface area (Å²) >= 11 is 0. The first-order valence-electron chi connectivity index (χ1n) is 5.77. The molecule has 0 saturated carbocycles. The smallest absolute Gasteiger partial charge is 0.337 e. The monoisotopic (exact) mass is 268 g/mol. The third kappa shape index (κ3) is 4.67. The van der Waals surface area contributed by atoms with Crippen LogP contribution in [0.15, 0.2) is 18.2 Å². The number of halogens is 1. The minimum absolute atomic E-state index is 0.0309. The maximum absolute atomic E-state index is 13.5. The van der Waals surface area contributed by atoms with Crippen LogP contribution in [-0.4, -0.2) is 29.1 Å². The number of carboxylic acids is 1. The summed E-state index contributed by atoms with van der Waals surface area (Å²) in [5.41, 5.74) is -0.845. The van der Waals surface area contributed by atoms with Crippen LogP contribution in [0.3, 0.4) is 0 Å². The molecule has 1 rings (SSSR count). The average Bonchev–Trinajstić information content (AvgIpc) is 2.28. The zero-order valence-electron chi connectivity index (χ0n) is 11.1. The number of amides is 1. The molecule has 0 radical (unpaired) electrons. The lowest BCUT2D eigenvalue weighted by molar-refractivity contribution is -0.115. The molecule has 6 heteroatoms. The van der Waals surface area contributed by atoms with E-state index >= 15 is 0 Å². The molecular formula is C13H17FN2O3. The molecule has 0 spiro atoms. The minimum Gasteiger partial charge on any atom is -0.478 e. The van der Waals surface area contributed by atoms with Crippen molar-refractivity contribution in [2.24, 2.45) is 0 Å². The molecule has 3 N–H and O–H groups in total. The highest BCUT2D eigenvalue weighted by atomic mass is 19.1. The Balaban J connectivity index is 2.82. The lowest BCUT2D eigenvalue weighted by Crippen LogP contribution is -2.41. The molecule has 0 heterocycles. The summed E-state index contributed by atoms with van der Waals surface area (Å²) in [6.07, 6.45) is 0. The Morgan fingerprint density at radius 3 is 2.47 bits per heavy atom. The lowest BCUT2D eigenvalue weighted by Gasteiger charge is -2.20. The van der Waals surface area contributed by atoms with Gasteiger partial charge < -0.3 is 15.7 Å². The summed E-state index contributed by atoms with van der Waals surface area (Å²) in [4.78, 5) is 22.6. The zero-order valence-corrected chi connectivity index (χ0v) is 11.1. The number of carboxylic acid groups (broad SMARTS) is 1. The molecule has 0 aliphatic rings. The van der Waals surface area contributed by atoms with Gasteiger partial charge in [0, 0.05) is 5.54 Å². The van der Waals surface area contributed by atoms with Gasteiger partial charge in [0.05, 0.1) is 17.8 Å². The van der Waals surface area contributed by atoms with Gasteiger partial charge in [0.15, 0.2) is 0 Å². The first kappa shape index (κ1) is 15.1. The molecule has 5 nitrogen and oxygen atoms in total. The van der Waals surface area contributed by atoms with Crippen molar-refractivity contribution in [1.82, 2.24) is 5.32 Å². The van der Waals surface area contributed by atoms with E-state index in [4.69, 9.17) is 5.11 Å². The molecule has 0 aromatic heterocycles. The van der Waals surface area contributed by atoms with Crippen LogP contribution in [-0.2, 0) is 4.79 Å². The van der Waals surface area contributed by atoms with Crippen LogP contribution in [0, 0.1) is 5.82 Å². The quantitative estimate of drug-likeness (QED) is 0.778. The van der Waals surface area contributed by atoms with Gasteiger partial charge >= 0.3 is 5.97 Å². The number of hydrogen-bond donors (Lipinski definition) is 3. The van der Waals surface area contributed by atoms with E-state index < -0.39 is 17.7 Å². The molecule has 104 valence electrons. The van der Waals surface area contributed by atoms with Gasteiger partial charge in [-0.3, -0.25) is 4.79 Å². The molecule has 1 amide bonds. The molecule has 0 saturated heterocycles. The number of aromatic carboxylic acids is 1. The van der Waals surface area contributed by atoms with Gasteiger partial charge in [0.1, 0.15) is 5.82 Å². The van der Waals surface area contributed by atoms with Crippen molar-refractivity contribution in [3.05, 3.63) is 29.6 Å². The number of para-hydroxylation sites is 1. The van der Waals surface area contributed by atoms with Gasteiger partial charge in [-0.2, -0.15) is 0 Å². The molecular weight excluding hydrogens is 251 g/mol. The molecule has 0 unspecified atom stereocenters. The summed E-state index contributed by atoms with van der Waals surface area (Å²) in [6.45, 7) is 5.61. The second-order valence-corrected chi connectivity index (χ2v) is 5.12. The molecule has 0 fully saturated rings. The normalized spacial score (nSPS) is 11.2. The number of rotatable bonds is 4. The van der Waals surface area contributed by atoms with E-state index in [9.17, 15) is 14.0 Å². The number of benzene rings is 1. The van der Waals surface area contributed by atoms with Gasteiger partial charge in [-0.25, -0.2) is 9.18 Å². The molecule has 0 atom stereocenters. The Kier molecular flexibility index (Phi) is 4.61. The maximum atomic E-state index is 13.5. The van der Waals surface area contributed by atoms with E-state index in [-0.39, 0.29) is 23.3 Å². The van der Waals surface area contributed by atoms with Crippen LogP contribution < -0.4 is 10.6 Å². The van der Waals surface area contributed by atoms with E-state index in [2.05, 4.69) is 10.6 Å². The van der Waals surface area contributed by atoms with Gasteiger partial charge in [-0.05, 0) is 32.9 Å². The first-order chi connectivity index (χ1) is 8.70. The highest BCUT2D eigenvalue weighted by Crippen LogP contribution is 2.19. The van der Waals surface area contributed by atoms with Crippen molar-refractivity contribution >= 4 is 17.6 Å². The predicted octanol–water partition coefficient (Wildman–Crippen LogP) is 1.85. The first-order valence-corrected chi connectivity index (χ1v) is 5.77. The molecule has 0 aliphatic heterocycles. The molecule has 19 heavy (non-hydrogen) atoms. The van der Waals surface area contributed by atoms with Gasteiger partial charge in [-0.15, -0.1) is 0 Å². The zero-order chi connectivity index (χ0) is 14.6. The third-order valence-electron chi connectivity index (χ3n) is 2.29. The molecule has 1 aromatic carbocycles. The van der Waals surface area contributed by atoms with Gasteiger partial charge in [-0.1, -0.05) is 6.07 Å². The fraction of sp³-hybridized carbons (Fsp3) is 0.385. The Labute approximate surface area is 110 Å². The largest absolute Gasteiger partial charge is 0.478 e. The van der Waals surface area contributed by atoms with Crippen molar-refractivity contribution in [3.63, 3.8) is 0 Å². The number of nitrogens with one attached hydrogen (secondary N) is 2. The molecule has 1 aromatic rings. The summed E-state index contributed by atoms with van der Waals surface area (Å²) < 4.78 is 13.5.